The van der Waals surface area contributed by atoms with Crippen LogP contribution < -0.4 is 0 Å². The highest BCUT2D eigenvalue weighted by molar-refractivity contribution is 7.79. The van der Waals surface area contributed by atoms with Crippen molar-refractivity contribution in [3.8, 4) is 0 Å². The molecule has 0 amide bonds. The van der Waals surface area contributed by atoms with Gasteiger partial charge in [0.1, 0.15) is 0 Å². The molecule has 0 aliphatic rings. The summed E-state index contributed by atoms with van der Waals surface area (Å²) < 4.78 is 19.4. The summed E-state index contributed by atoms with van der Waals surface area (Å²) in [6.45, 7) is 1.52. The molecule has 3 N–H and O–H groups in total. The Labute approximate surface area is 90.9 Å². The lowest BCUT2D eigenvalue weighted by Gasteiger charge is -2.13. The molecule has 3 atom stereocenters. The van der Waals surface area contributed by atoms with Crippen LogP contribution in [0.4, 0.5) is 0 Å². The Kier molecular flexibility index (Phi) is 4.41. The molecule has 1 aromatic carbocycles. The van der Waals surface area contributed by atoms with E-state index in [-0.39, 0.29) is 0 Å². The van der Waals surface area contributed by atoms with Crippen molar-refractivity contribution in [1.29, 1.82) is 0 Å². The molecule has 3 unspecified atom stereocenters. The zero-order chi connectivity index (χ0) is 11.4. The van der Waals surface area contributed by atoms with Gasteiger partial charge in [0.15, 0.2) is 11.1 Å². The van der Waals surface area contributed by atoms with Crippen LogP contribution in [-0.4, -0.2) is 31.2 Å². The minimum atomic E-state index is -1.97. The Morgan fingerprint density at radius 2 is 1.80 bits per heavy atom. The Morgan fingerprint density at radius 3 is 2.20 bits per heavy atom. The van der Waals surface area contributed by atoms with Gasteiger partial charge in [-0.25, -0.2) is 4.21 Å². The molecule has 0 saturated heterocycles. The van der Waals surface area contributed by atoms with Crippen molar-refractivity contribution in [2.75, 3.05) is 0 Å². The maximum atomic E-state index is 10.7. The van der Waals surface area contributed by atoms with E-state index >= 15 is 0 Å². The van der Waals surface area contributed by atoms with Gasteiger partial charge in [-0.05, 0) is 24.6 Å². The van der Waals surface area contributed by atoms with Gasteiger partial charge in [0.05, 0.1) is 17.1 Å². The highest BCUT2D eigenvalue weighted by atomic mass is 32.2. The van der Waals surface area contributed by atoms with Gasteiger partial charge in [-0.15, -0.1) is 0 Å². The molecule has 0 aromatic heterocycles. The second-order valence-electron chi connectivity index (χ2n) is 3.41. The first-order chi connectivity index (χ1) is 7.00. The van der Waals surface area contributed by atoms with Gasteiger partial charge in [-0.3, -0.25) is 0 Å². The molecule has 15 heavy (non-hydrogen) atoms. The van der Waals surface area contributed by atoms with Crippen molar-refractivity contribution in [3.05, 3.63) is 29.8 Å². The van der Waals surface area contributed by atoms with E-state index in [9.17, 15) is 9.32 Å². The minimum absolute atomic E-state index is 0.324. The number of aliphatic hydroxyl groups excluding tert-OH is 2. The predicted octanol–water partition coefficient (Wildman–Crippen LogP) is 0.551. The van der Waals surface area contributed by atoms with E-state index in [0.717, 1.165) is 5.56 Å². The van der Waals surface area contributed by atoms with E-state index in [1.54, 1.807) is 12.1 Å². The van der Waals surface area contributed by atoms with Gasteiger partial charge in [0, 0.05) is 6.42 Å². The van der Waals surface area contributed by atoms with E-state index < -0.39 is 23.3 Å². The molecular weight excluding hydrogens is 216 g/mol. The Morgan fingerprint density at radius 1 is 1.27 bits per heavy atom. The molecule has 0 aliphatic heterocycles. The largest absolute Gasteiger partial charge is 0.391 e. The van der Waals surface area contributed by atoms with Crippen LogP contribution in [0.3, 0.4) is 0 Å². The summed E-state index contributed by atoms with van der Waals surface area (Å²) in [4.78, 5) is 0.324. The molecule has 0 bridgehead atoms. The summed E-state index contributed by atoms with van der Waals surface area (Å²) >= 11 is -1.97. The van der Waals surface area contributed by atoms with Crippen LogP contribution in [0.15, 0.2) is 29.2 Å². The lowest BCUT2D eigenvalue weighted by atomic mass is 10.1. The van der Waals surface area contributed by atoms with Gasteiger partial charge in [0.2, 0.25) is 0 Å². The number of benzene rings is 1. The third kappa shape index (κ3) is 3.71. The Hall–Kier alpha value is -0.750. The Balaban J connectivity index is 2.68. The SMILES string of the molecule is CC(O)C(O)Cc1ccc(S(=O)O)cc1. The first kappa shape index (κ1) is 12.3. The van der Waals surface area contributed by atoms with E-state index in [1.807, 2.05) is 0 Å². The third-order valence-corrected chi connectivity index (χ3v) is 2.80. The predicted molar refractivity (Wildman–Crippen MR) is 56.9 cm³/mol. The van der Waals surface area contributed by atoms with Crippen molar-refractivity contribution < 1.29 is 19.0 Å². The zero-order valence-corrected chi connectivity index (χ0v) is 9.15. The van der Waals surface area contributed by atoms with E-state index in [2.05, 4.69) is 0 Å². The smallest absolute Gasteiger partial charge is 0.186 e. The first-order valence-electron chi connectivity index (χ1n) is 4.56. The third-order valence-electron chi connectivity index (χ3n) is 2.13. The van der Waals surface area contributed by atoms with Crippen LogP contribution in [0, 0.1) is 0 Å². The fourth-order valence-corrected chi connectivity index (χ4v) is 1.52. The maximum Gasteiger partial charge on any atom is 0.186 e. The lowest BCUT2D eigenvalue weighted by Crippen LogP contribution is -2.24. The summed E-state index contributed by atoms with van der Waals surface area (Å²) in [6.07, 6.45) is -1.26. The van der Waals surface area contributed by atoms with Crippen molar-refractivity contribution >= 4 is 11.1 Å². The van der Waals surface area contributed by atoms with Crippen LogP contribution in [0.1, 0.15) is 12.5 Å². The van der Waals surface area contributed by atoms with Gasteiger partial charge >= 0.3 is 0 Å². The average molecular weight is 230 g/mol. The van der Waals surface area contributed by atoms with Crippen LogP contribution >= 0.6 is 0 Å². The van der Waals surface area contributed by atoms with Crippen molar-refractivity contribution in [3.63, 3.8) is 0 Å². The fraction of sp³-hybridized carbons (Fsp3) is 0.400. The quantitative estimate of drug-likeness (QED) is 0.660. The number of hydrogen-bond donors (Lipinski definition) is 3. The van der Waals surface area contributed by atoms with Crippen LogP contribution in [0.2, 0.25) is 0 Å². The van der Waals surface area contributed by atoms with Crippen molar-refractivity contribution in [2.24, 2.45) is 0 Å². The zero-order valence-electron chi connectivity index (χ0n) is 8.33. The number of aliphatic hydroxyl groups is 2. The lowest BCUT2D eigenvalue weighted by molar-refractivity contribution is 0.0319. The number of rotatable bonds is 4. The van der Waals surface area contributed by atoms with Crippen molar-refractivity contribution in [1.82, 2.24) is 0 Å². The van der Waals surface area contributed by atoms with Crippen LogP contribution in [0.5, 0.6) is 0 Å². The van der Waals surface area contributed by atoms with E-state index in [0.29, 0.717) is 11.3 Å². The molecule has 1 aromatic rings. The Bertz CT molecular complexity index is 334. The van der Waals surface area contributed by atoms with Crippen LogP contribution in [-0.2, 0) is 17.5 Å². The van der Waals surface area contributed by atoms with Crippen molar-refractivity contribution in [2.45, 2.75) is 30.4 Å². The first-order valence-corrected chi connectivity index (χ1v) is 5.67. The molecule has 84 valence electrons. The average Bonchev–Trinajstić information content (AvgIpc) is 2.18. The van der Waals surface area contributed by atoms with Gasteiger partial charge in [0.25, 0.3) is 0 Å². The summed E-state index contributed by atoms with van der Waals surface area (Å²) in [6, 6.07) is 6.38. The second kappa shape index (κ2) is 5.37. The molecule has 0 spiro atoms. The molecule has 1 rings (SSSR count). The van der Waals surface area contributed by atoms with E-state index in [1.165, 1.54) is 19.1 Å². The minimum Gasteiger partial charge on any atom is -0.391 e. The molecule has 0 radical (unpaired) electrons. The number of hydrogen-bond acceptors (Lipinski definition) is 3. The van der Waals surface area contributed by atoms with Gasteiger partial charge < -0.3 is 14.8 Å². The standard InChI is InChI=1S/C10H14O4S/c1-7(11)10(12)6-8-2-4-9(5-3-8)15(13)14/h2-5,7,10-12H,6H2,1H3,(H,13,14). The highest BCUT2D eigenvalue weighted by Crippen LogP contribution is 2.10. The highest BCUT2D eigenvalue weighted by Gasteiger charge is 2.11. The molecule has 0 heterocycles. The fourth-order valence-electron chi connectivity index (χ4n) is 1.15. The molecule has 0 saturated carbocycles. The molecular formula is C10H14O4S. The monoisotopic (exact) mass is 230 g/mol. The summed E-state index contributed by atoms with van der Waals surface area (Å²) in [5, 5.41) is 18.5. The topological polar surface area (TPSA) is 77.8 Å². The molecule has 0 fully saturated rings. The normalized spacial score (nSPS) is 17.1. The van der Waals surface area contributed by atoms with Gasteiger partial charge in [-0.2, -0.15) is 0 Å². The van der Waals surface area contributed by atoms with E-state index in [4.69, 9.17) is 9.66 Å². The molecule has 5 heteroatoms. The second-order valence-corrected chi connectivity index (χ2v) is 4.37. The summed E-state index contributed by atoms with van der Waals surface area (Å²) in [7, 11) is 0. The molecule has 4 nitrogen and oxygen atoms in total. The van der Waals surface area contributed by atoms with Crippen LogP contribution in [0.25, 0.3) is 0 Å². The summed E-state index contributed by atoms with van der Waals surface area (Å²) in [5.41, 5.74) is 0.817. The molecule has 0 aliphatic carbocycles. The van der Waals surface area contributed by atoms with Gasteiger partial charge in [-0.1, -0.05) is 12.1 Å². The maximum absolute atomic E-state index is 10.7. The summed E-state index contributed by atoms with van der Waals surface area (Å²) in [5.74, 6) is 0.